The lowest BCUT2D eigenvalue weighted by Gasteiger charge is -2.21. The molecule has 1 heterocycles. The second kappa shape index (κ2) is 11.3. The molecule has 1 N–H and O–H groups in total. The number of aromatic nitrogens is 2. The zero-order valence-corrected chi connectivity index (χ0v) is 18.4. The van der Waals surface area contributed by atoms with E-state index in [0.29, 0.717) is 24.6 Å². The van der Waals surface area contributed by atoms with Crippen LogP contribution in [0.1, 0.15) is 18.1 Å². The molecular formula is C23H29N5OS. The lowest BCUT2D eigenvalue weighted by molar-refractivity contribution is 0.477. The SMILES string of the molecule is CCNC(=NCCS(=O)Cc1ccccc1)N(C)Cc1cnn(-c2ccccc2)c1. The van der Waals surface area contributed by atoms with Crippen LogP contribution in [0.15, 0.2) is 78.0 Å². The summed E-state index contributed by atoms with van der Waals surface area (Å²) in [4.78, 5) is 6.73. The second-order valence-electron chi connectivity index (χ2n) is 6.99. The Labute approximate surface area is 181 Å². The first kappa shape index (κ1) is 21.8. The fraction of sp³-hybridized carbons (Fsp3) is 0.304. The lowest BCUT2D eigenvalue weighted by atomic mass is 10.2. The molecule has 0 spiro atoms. The summed E-state index contributed by atoms with van der Waals surface area (Å²) in [6, 6.07) is 20.0. The minimum atomic E-state index is -0.927. The van der Waals surface area contributed by atoms with Crippen molar-refractivity contribution in [2.45, 2.75) is 19.2 Å². The van der Waals surface area contributed by atoms with Gasteiger partial charge in [0, 0.05) is 54.2 Å². The van der Waals surface area contributed by atoms with Gasteiger partial charge in [-0.25, -0.2) is 4.68 Å². The number of aliphatic imine (C=N–C) groups is 1. The van der Waals surface area contributed by atoms with E-state index in [9.17, 15) is 4.21 Å². The van der Waals surface area contributed by atoms with Gasteiger partial charge >= 0.3 is 0 Å². The third-order valence-corrected chi connectivity index (χ3v) is 5.82. The predicted molar refractivity (Wildman–Crippen MR) is 124 cm³/mol. The molecule has 0 bridgehead atoms. The van der Waals surface area contributed by atoms with Gasteiger partial charge < -0.3 is 10.2 Å². The van der Waals surface area contributed by atoms with Gasteiger partial charge in [-0.3, -0.25) is 9.20 Å². The summed E-state index contributed by atoms with van der Waals surface area (Å²) in [5.41, 5.74) is 3.23. The van der Waals surface area contributed by atoms with E-state index in [1.807, 2.05) is 91.7 Å². The van der Waals surface area contributed by atoms with Crippen molar-refractivity contribution in [2.24, 2.45) is 4.99 Å². The number of guanidine groups is 1. The summed E-state index contributed by atoms with van der Waals surface area (Å²) in [6.07, 6.45) is 3.91. The van der Waals surface area contributed by atoms with Crippen molar-refractivity contribution >= 4 is 16.8 Å². The number of hydrogen-bond acceptors (Lipinski definition) is 3. The average Bonchev–Trinajstić information content (AvgIpc) is 3.23. The molecular weight excluding hydrogens is 394 g/mol. The minimum Gasteiger partial charge on any atom is -0.357 e. The van der Waals surface area contributed by atoms with Crippen LogP contribution in [-0.2, 0) is 23.1 Å². The summed E-state index contributed by atoms with van der Waals surface area (Å²) in [5.74, 6) is 1.92. The summed E-state index contributed by atoms with van der Waals surface area (Å²) in [7, 11) is 1.08. The molecule has 0 saturated heterocycles. The third-order valence-electron chi connectivity index (χ3n) is 4.52. The number of rotatable bonds is 9. The molecule has 2 aromatic carbocycles. The van der Waals surface area contributed by atoms with Crippen LogP contribution in [0.2, 0.25) is 0 Å². The van der Waals surface area contributed by atoms with Crippen LogP contribution in [0, 0.1) is 0 Å². The average molecular weight is 424 g/mol. The molecule has 158 valence electrons. The molecule has 0 radical (unpaired) electrons. The maximum Gasteiger partial charge on any atom is 0.193 e. The lowest BCUT2D eigenvalue weighted by Crippen LogP contribution is -2.38. The normalized spacial score (nSPS) is 12.5. The Hall–Kier alpha value is -2.93. The molecule has 0 aliphatic carbocycles. The number of benzene rings is 2. The van der Waals surface area contributed by atoms with E-state index in [4.69, 9.17) is 0 Å². The number of para-hydroxylation sites is 1. The standard InChI is InChI=1S/C23H29N5OS/c1-3-24-23(25-14-15-30(29)19-20-10-6-4-7-11-20)27(2)17-21-16-26-28(18-21)22-12-8-5-9-13-22/h4-13,16,18H,3,14-15,17,19H2,1-2H3,(H,24,25). The van der Waals surface area contributed by atoms with Crippen molar-refractivity contribution in [3.63, 3.8) is 0 Å². The zero-order valence-electron chi connectivity index (χ0n) is 17.6. The first-order valence-electron chi connectivity index (χ1n) is 10.1. The molecule has 0 fully saturated rings. The van der Waals surface area contributed by atoms with Gasteiger partial charge in [-0.1, -0.05) is 48.5 Å². The van der Waals surface area contributed by atoms with Gasteiger partial charge in [0.2, 0.25) is 0 Å². The van der Waals surface area contributed by atoms with E-state index in [-0.39, 0.29) is 0 Å². The number of hydrogen-bond donors (Lipinski definition) is 1. The van der Waals surface area contributed by atoms with Gasteiger partial charge in [0.25, 0.3) is 0 Å². The fourth-order valence-electron chi connectivity index (χ4n) is 3.07. The topological polar surface area (TPSA) is 62.5 Å². The predicted octanol–water partition coefficient (Wildman–Crippen LogP) is 3.22. The Bertz CT molecular complexity index is 956. The van der Waals surface area contributed by atoms with Gasteiger partial charge in [-0.05, 0) is 24.6 Å². The van der Waals surface area contributed by atoms with Crippen molar-refractivity contribution in [1.29, 1.82) is 0 Å². The molecule has 1 atom stereocenters. The van der Waals surface area contributed by atoms with Gasteiger partial charge in [0.05, 0.1) is 18.4 Å². The molecule has 0 amide bonds. The van der Waals surface area contributed by atoms with E-state index < -0.39 is 10.8 Å². The maximum atomic E-state index is 12.3. The van der Waals surface area contributed by atoms with Crippen molar-refractivity contribution in [3.8, 4) is 5.69 Å². The molecule has 6 nitrogen and oxygen atoms in total. The summed E-state index contributed by atoms with van der Waals surface area (Å²) >= 11 is 0. The summed E-state index contributed by atoms with van der Waals surface area (Å²) in [5, 5.41) is 7.77. The molecule has 0 saturated carbocycles. The van der Waals surface area contributed by atoms with Crippen molar-refractivity contribution in [1.82, 2.24) is 20.0 Å². The first-order chi connectivity index (χ1) is 14.7. The molecule has 1 unspecified atom stereocenters. The van der Waals surface area contributed by atoms with Crippen LogP contribution in [0.5, 0.6) is 0 Å². The quantitative estimate of drug-likeness (QED) is 0.424. The van der Waals surface area contributed by atoms with Crippen molar-refractivity contribution in [3.05, 3.63) is 84.2 Å². The van der Waals surface area contributed by atoms with Crippen LogP contribution in [-0.4, -0.2) is 50.7 Å². The van der Waals surface area contributed by atoms with Gasteiger partial charge in [0.15, 0.2) is 5.96 Å². The highest BCUT2D eigenvalue weighted by Gasteiger charge is 2.09. The first-order valence-corrected chi connectivity index (χ1v) is 11.6. The molecule has 0 aliphatic rings. The van der Waals surface area contributed by atoms with Crippen molar-refractivity contribution in [2.75, 3.05) is 25.9 Å². The Balaban J connectivity index is 1.55. The third kappa shape index (κ3) is 6.56. The summed E-state index contributed by atoms with van der Waals surface area (Å²) in [6.45, 7) is 4.03. The number of nitrogens with one attached hydrogen (secondary N) is 1. The van der Waals surface area contributed by atoms with Crippen LogP contribution in [0.4, 0.5) is 0 Å². The minimum absolute atomic E-state index is 0.523. The molecule has 7 heteroatoms. The second-order valence-corrected chi connectivity index (χ2v) is 8.57. The van der Waals surface area contributed by atoms with E-state index in [1.165, 1.54) is 0 Å². The van der Waals surface area contributed by atoms with Gasteiger partial charge in [-0.15, -0.1) is 0 Å². The van der Waals surface area contributed by atoms with Gasteiger partial charge in [-0.2, -0.15) is 5.10 Å². The van der Waals surface area contributed by atoms with E-state index in [1.54, 1.807) is 0 Å². The van der Waals surface area contributed by atoms with Gasteiger partial charge in [0.1, 0.15) is 0 Å². The van der Waals surface area contributed by atoms with Crippen LogP contribution >= 0.6 is 0 Å². The maximum absolute atomic E-state index is 12.3. The highest BCUT2D eigenvalue weighted by atomic mass is 32.2. The monoisotopic (exact) mass is 423 g/mol. The highest BCUT2D eigenvalue weighted by molar-refractivity contribution is 7.84. The van der Waals surface area contributed by atoms with Crippen LogP contribution in [0.25, 0.3) is 5.69 Å². The Morgan fingerprint density at radius 2 is 1.80 bits per heavy atom. The van der Waals surface area contributed by atoms with E-state index in [2.05, 4.69) is 20.3 Å². The van der Waals surface area contributed by atoms with E-state index >= 15 is 0 Å². The summed E-state index contributed by atoms with van der Waals surface area (Å²) < 4.78 is 14.2. The molecule has 1 aromatic heterocycles. The molecule has 3 rings (SSSR count). The Morgan fingerprint density at radius 1 is 1.10 bits per heavy atom. The van der Waals surface area contributed by atoms with Crippen LogP contribution < -0.4 is 5.32 Å². The fourth-order valence-corrected chi connectivity index (χ4v) is 4.07. The highest BCUT2D eigenvalue weighted by Crippen LogP contribution is 2.09. The van der Waals surface area contributed by atoms with Crippen molar-refractivity contribution < 1.29 is 4.21 Å². The van der Waals surface area contributed by atoms with E-state index in [0.717, 1.165) is 29.3 Å². The molecule has 0 aliphatic heterocycles. The molecule has 3 aromatic rings. The zero-order chi connectivity index (χ0) is 21.2. The Morgan fingerprint density at radius 3 is 2.50 bits per heavy atom. The Kier molecular flexibility index (Phi) is 8.20. The molecule has 30 heavy (non-hydrogen) atoms. The number of nitrogens with zero attached hydrogens (tertiary/aromatic N) is 4. The largest absolute Gasteiger partial charge is 0.357 e. The smallest absolute Gasteiger partial charge is 0.193 e. The van der Waals surface area contributed by atoms with Crippen LogP contribution in [0.3, 0.4) is 0 Å².